The predicted octanol–water partition coefficient (Wildman–Crippen LogP) is 4.81. The Morgan fingerprint density at radius 3 is 2.68 bits per heavy atom. The van der Waals surface area contributed by atoms with E-state index in [9.17, 15) is 14.9 Å². The average Bonchev–Trinajstić information content (AvgIpc) is 2.90. The maximum absolute atomic E-state index is 13.4. The molecule has 37 heavy (non-hydrogen) atoms. The van der Waals surface area contributed by atoms with Crippen LogP contribution in [0, 0.1) is 18.3 Å². The highest BCUT2D eigenvalue weighted by Gasteiger charge is 2.21. The van der Waals surface area contributed by atoms with Gasteiger partial charge >= 0.3 is 0 Å². The van der Waals surface area contributed by atoms with Gasteiger partial charge in [0.05, 0.1) is 34.9 Å². The van der Waals surface area contributed by atoms with E-state index in [0.717, 1.165) is 16.8 Å². The molecular formula is C29H29N5O3. The summed E-state index contributed by atoms with van der Waals surface area (Å²) in [7, 11) is 1.63. The minimum atomic E-state index is -0.712. The van der Waals surface area contributed by atoms with Crippen LogP contribution in [0.25, 0.3) is 16.6 Å². The summed E-state index contributed by atoms with van der Waals surface area (Å²) in [5.74, 6) is -0.304. The molecule has 4 aromatic rings. The van der Waals surface area contributed by atoms with Crippen LogP contribution in [0.4, 0.5) is 11.4 Å². The number of nitrogens with zero attached hydrogens (tertiary/aromatic N) is 3. The van der Waals surface area contributed by atoms with Crippen LogP contribution in [0.5, 0.6) is 0 Å². The lowest BCUT2D eigenvalue weighted by Crippen LogP contribution is -2.21. The normalized spacial score (nSPS) is 11.2. The highest BCUT2D eigenvalue weighted by molar-refractivity contribution is 6.04. The second-order valence-electron chi connectivity index (χ2n) is 9.31. The standard InChI is InChI=1S/C29H29N5O3/c1-19-11-12-22(33-27(35)20-7-5-8-21(15-20)29(2,3)17-30)16-25(19)34-18-32-26-23(28(34)36)9-6-10-24(26)31-13-14-37-4/h5-12,15-16,18,31H,13-14H2,1-4H3,(H,33,35). The molecule has 0 aliphatic carbocycles. The van der Waals surface area contributed by atoms with Crippen LogP contribution in [0.2, 0.25) is 0 Å². The van der Waals surface area contributed by atoms with Gasteiger partial charge in [-0.25, -0.2) is 4.98 Å². The molecule has 1 heterocycles. The summed E-state index contributed by atoms with van der Waals surface area (Å²) in [6.07, 6.45) is 1.51. The molecule has 1 aromatic heterocycles. The molecule has 0 radical (unpaired) electrons. The van der Waals surface area contributed by atoms with Crippen molar-refractivity contribution in [2.45, 2.75) is 26.2 Å². The summed E-state index contributed by atoms with van der Waals surface area (Å²) in [6, 6.07) is 20.1. The SMILES string of the molecule is COCCNc1cccc2c(=O)n(-c3cc(NC(=O)c4cccc(C(C)(C)C#N)c4)ccc3C)cnc12. The highest BCUT2D eigenvalue weighted by Crippen LogP contribution is 2.25. The summed E-state index contributed by atoms with van der Waals surface area (Å²) in [5, 5.41) is 16.1. The number of fused-ring (bicyclic) bond motifs is 1. The molecular weight excluding hydrogens is 466 g/mol. The van der Waals surface area contributed by atoms with E-state index >= 15 is 0 Å². The maximum Gasteiger partial charge on any atom is 0.265 e. The summed E-state index contributed by atoms with van der Waals surface area (Å²) in [5.41, 5.74) is 3.65. The minimum Gasteiger partial charge on any atom is -0.383 e. The Morgan fingerprint density at radius 1 is 1.14 bits per heavy atom. The van der Waals surface area contributed by atoms with Crippen molar-refractivity contribution in [1.29, 1.82) is 5.26 Å². The number of aryl methyl sites for hydroxylation is 1. The van der Waals surface area contributed by atoms with Crippen molar-refractivity contribution in [3.05, 3.63) is 94.0 Å². The number of anilines is 2. The first-order valence-electron chi connectivity index (χ1n) is 11.9. The van der Waals surface area contributed by atoms with Gasteiger partial charge in [-0.15, -0.1) is 0 Å². The predicted molar refractivity (Wildman–Crippen MR) is 145 cm³/mol. The Bertz CT molecular complexity index is 1570. The molecule has 0 aliphatic heterocycles. The van der Waals surface area contributed by atoms with E-state index in [1.165, 1.54) is 10.9 Å². The number of carbonyl (C=O) groups is 1. The number of para-hydroxylation sites is 1. The van der Waals surface area contributed by atoms with Crippen molar-refractivity contribution in [1.82, 2.24) is 9.55 Å². The van der Waals surface area contributed by atoms with Crippen LogP contribution in [-0.2, 0) is 10.2 Å². The zero-order valence-electron chi connectivity index (χ0n) is 21.3. The van der Waals surface area contributed by atoms with Crippen molar-refractivity contribution in [3.8, 4) is 11.8 Å². The van der Waals surface area contributed by atoms with E-state index in [0.29, 0.717) is 41.0 Å². The fourth-order valence-electron chi connectivity index (χ4n) is 4.02. The fourth-order valence-corrected chi connectivity index (χ4v) is 4.02. The number of ether oxygens (including phenoxy) is 1. The van der Waals surface area contributed by atoms with Crippen LogP contribution in [-0.4, -0.2) is 35.7 Å². The molecule has 8 nitrogen and oxygen atoms in total. The van der Waals surface area contributed by atoms with Crippen molar-refractivity contribution in [2.24, 2.45) is 0 Å². The Labute approximate surface area is 215 Å². The van der Waals surface area contributed by atoms with Crippen LogP contribution in [0.3, 0.4) is 0 Å². The average molecular weight is 496 g/mol. The number of aromatic nitrogens is 2. The fraction of sp³-hybridized carbons (Fsp3) is 0.241. The first-order valence-corrected chi connectivity index (χ1v) is 11.9. The van der Waals surface area contributed by atoms with E-state index in [1.54, 1.807) is 43.5 Å². The van der Waals surface area contributed by atoms with Crippen molar-refractivity contribution >= 4 is 28.2 Å². The van der Waals surface area contributed by atoms with E-state index < -0.39 is 5.41 Å². The van der Waals surface area contributed by atoms with Gasteiger partial charge in [0.25, 0.3) is 11.5 Å². The summed E-state index contributed by atoms with van der Waals surface area (Å²) >= 11 is 0. The van der Waals surface area contributed by atoms with Crippen LogP contribution < -0.4 is 16.2 Å². The number of benzene rings is 3. The molecule has 0 unspecified atom stereocenters. The number of nitriles is 1. The minimum absolute atomic E-state index is 0.210. The van der Waals surface area contributed by atoms with Gasteiger partial charge in [-0.1, -0.05) is 24.3 Å². The Morgan fingerprint density at radius 2 is 1.92 bits per heavy atom. The van der Waals surface area contributed by atoms with Crippen LogP contribution in [0.1, 0.15) is 35.3 Å². The molecule has 0 bridgehead atoms. The van der Waals surface area contributed by atoms with Crippen molar-refractivity contribution in [2.75, 3.05) is 30.9 Å². The highest BCUT2D eigenvalue weighted by atomic mass is 16.5. The van der Waals surface area contributed by atoms with Gasteiger partial charge in [-0.2, -0.15) is 5.26 Å². The summed E-state index contributed by atoms with van der Waals surface area (Å²) in [6.45, 7) is 6.64. The largest absolute Gasteiger partial charge is 0.383 e. The molecule has 0 saturated carbocycles. The lowest BCUT2D eigenvalue weighted by molar-refractivity contribution is 0.102. The van der Waals surface area contributed by atoms with Gasteiger partial charge in [0.15, 0.2) is 0 Å². The van der Waals surface area contributed by atoms with Crippen LogP contribution in [0.15, 0.2) is 71.8 Å². The smallest absolute Gasteiger partial charge is 0.265 e. The lowest BCUT2D eigenvalue weighted by Gasteiger charge is -2.17. The molecule has 1 amide bonds. The van der Waals surface area contributed by atoms with E-state index in [4.69, 9.17) is 4.74 Å². The molecule has 3 aromatic carbocycles. The number of carbonyl (C=O) groups excluding carboxylic acids is 1. The number of methoxy groups -OCH3 is 1. The Balaban J connectivity index is 1.66. The third-order valence-corrected chi connectivity index (χ3v) is 6.26. The molecule has 0 fully saturated rings. The van der Waals surface area contributed by atoms with Crippen LogP contribution >= 0.6 is 0 Å². The van der Waals surface area contributed by atoms with Gasteiger partial charge in [0.2, 0.25) is 0 Å². The number of hydrogen-bond acceptors (Lipinski definition) is 6. The lowest BCUT2D eigenvalue weighted by atomic mass is 9.85. The molecule has 188 valence electrons. The second kappa shape index (κ2) is 10.6. The monoisotopic (exact) mass is 495 g/mol. The topological polar surface area (TPSA) is 109 Å². The molecule has 8 heteroatoms. The molecule has 0 spiro atoms. The zero-order chi connectivity index (χ0) is 26.6. The number of rotatable bonds is 8. The third-order valence-electron chi connectivity index (χ3n) is 6.26. The van der Waals surface area contributed by atoms with Crippen molar-refractivity contribution < 1.29 is 9.53 Å². The molecule has 0 saturated heterocycles. The van der Waals surface area contributed by atoms with E-state index in [-0.39, 0.29) is 11.5 Å². The second-order valence-corrected chi connectivity index (χ2v) is 9.31. The summed E-state index contributed by atoms with van der Waals surface area (Å²) in [4.78, 5) is 31.0. The van der Waals surface area contributed by atoms with Gasteiger partial charge in [0.1, 0.15) is 11.8 Å². The Kier molecular flexibility index (Phi) is 7.37. The van der Waals surface area contributed by atoms with Gasteiger partial charge in [0, 0.05) is 24.9 Å². The molecule has 0 atom stereocenters. The molecule has 0 aliphatic rings. The first-order chi connectivity index (χ1) is 17.7. The van der Waals surface area contributed by atoms with Gasteiger partial charge in [-0.05, 0) is 68.3 Å². The number of amides is 1. The first kappa shape index (κ1) is 25.6. The molecule has 2 N–H and O–H groups in total. The zero-order valence-corrected chi connectivity index (χ0v) is 21.3. The van der Waals surface area contributed by atoms with E-state index in [1.807, 2.05) is 45.0 Å². The third kappa shape index (κ3) is 5.37. The number of nitrogens with one attached hydrogen (secondary N) is 2. The van der Waals surface area contributed by atoms with Crippen molar-refractivity contribution in [3.63, 3.8) is 0 Å². The Hall–Kier alpha value is -4.48. The van der Waals surface area contributed by atoms with Gasteiger partial charge in [-0.3, -0.25) is 14.2 Å². The summed E-state index contributed by atoms with van der Waals surface area (Å²) < 4.78 is 6.58. The maximum atomic E-state index is 13.4. The molecule has 4 rings (SSSR count). The van der Waals surface area contributed by atoms with Gasteiger partial charge < -0.3 is 15.4 Å². The quantitative estimate of drug-likeness (QED) is 0.340. The number of hydrogen-bond donors (Lipinski definition) is 2. The van der Waals surface area contributed by atoms with E-state index in [2.05, 4.69) is 21.7 Å².